The van der Waals surface area contributed by atoms with Crippen molar-refractivity contribution in [1.82, 2.24) is 14.6 Å². The summed E-state index contributed by atoms with van der Waals surface area (Å²) in [7, 11) is 0. The summed E-state index contributed by atoms with van der Waals surface area (Å²) >= 11 is 1.94. The molecule has 0 aliphatic heterocycles. The Morgan fingerprint density at radius 1 is 1.21 bits per heavy atom. The van der Waals surface area contributed by atoms with Crippen molar-refractivity contribution in [2.75, 3.05) is 5.32 Å². The van der Waals surface area contributed by atoms with E-state index >= 15 is 0 Å². The lowest BCUT2D eigenvalue weighted by Crippen LogP contribution is -2.11. The van der Waals surface area contributed by atoms with E-state index in [9.17, 15) is 4.79 Å². The van der Waals surface area contributed by atoms with Gasteiger partial charge in [0.25, 0.3) is 5.91 Å². The minimum atomic E-state index is -0.195. The van der Waals surface area contributed by atoms with Crippen LogP contribution in [-0.2, 0) is 0 Å². The normalized spacial score (nSPS) is 15.0. The number of hydrogen-bond acceptors (Lipinski definition) is 4. The summed E-state index contributed by atoms with van der Waals surface area (Å²) in [6, 6.07) is 9.84. The smallest absolute Gasteiger partial charge is 0.261 e. The van der Waals surface area contributed by atoms with E-state index in [2.05, 4.69) is 27.5 Å². The molecule has 122 valence electrons. The second kappa shape index (κ2) is 6.65. The van der Waals surface area contributed by atoms with Gasteiger partial charge in [-0.2, -0.15) is 5.10 Å². The summed E-state index contributed by atoms with van der Waals surface area (Å²) in [4.78, 5) is 17.9. The number of rotatable bonds is 4. The van der Waals surface area contributed by atoms with Crippen LogP contribution in [0.5, 0.6) is 0 Å². The molecule has 0 atom stereocenters. The Hall–Kier alpha value is -2.34. The van der Waals surface area contributed by atoms with Crippen LogP contribution in [0.1, 0.15) is 36.0 Å². The Morgan fingerprint density at radius 2 is 2.00 bits per heavy atom. The number of aromatic nitrogens is 3. The maximum Gasteiger partial charge on any atom is 0.261 e. The van der Waals surface area contributed by atoms with Crippen LogP contribution in [0.3, 0.4) is 0 Å². The predicted octanol–water partition coefficient (Wildman–Crippen LogP) is 4.02. The lowest BCUT2D eigenvalue weighted by molar-refractivity contribution is 0.102. The number of anilines is 1. The largest absolute Gasteiger partial charge is 0.322 e. The third-order valence-electron chi connectivity index (χ3n) is 4.24. The Labute approximate surface area is 144 Å². The minimum Gasteiger partial charge on any atom is -0.322 e. The molecule has 4 rings (SSSR count). The zero-order valence-corrected chi connectivity index (χ0v) is 14.0. The van der Waals surface area contributed by atoms with Crippen molar-refractivity contribution in [1.29, 1.82) is 0 Å². The molecule has 0 radical (unpaired) electrons. The summed E-state index contributed by atoms with van der Waals surface area (Å²) in [5.74, 6) is -0.195. The van der Waals surface area contributed by atoms with E-state index in [4.69, 9.17) is 0 Å². The van der Waals surface area contributed by atoms with E-state index in [1.807, 2.05) is 23.9 Å². The van der Waals surface area contributed by atoms with Crippen LogP contribution in [0, 0.1) is 0 Å². The number of amides is 1. The molecule has 2 aromatic heterocycles. The van der Waals surface area contributed by atoms with Crippen molar-refractivity contribution < 1.29 is 4.79 Å². The highest BCUT2D eigenvalue weighted by molar-refractivity contribution is 8.00. The van der Waals surface area contributed by atoms with Crippen LogP contribution in [0.15, 0.2) is 53.8 Å². The highest BCUT2D eigenvalue weighted by Gasteiger charge is 2.16. The van der Waals surface area contributed by atoms with E-state index in [1.165, 1.54) is 30.6 Å². The zero-order chi connectivity index (χ0) is 16.4. The van der Waals surface area contributed by atoms with Crippen molar-refractivity contribution in [2.24, 2.45) is 0 Å². The van der Waals surface area contributed by atoms with Crippen molar-refractivity contribution in [3.8, 4) is 0 Å². The first-order valence-electron chi connectivity index (χ1n) is 8.16. The van der Waals surface area contributed by atoms with Gasteiger partial charge in [-0.25, -0.2) is 9.50 Å². The lowest BCUT2D eigenvalue weighted by Gasteiger charge is -2.09. The molecule has 0 unspecified atom stereocenters. The van der Waals surface area contributed by atoms with E-state index in [-0.39, 0.29) is 5.91 Å². The molecule has 3 aromatic rings. The molecular formula is C18H18N4OS. The van der Waals surface area contributed by atoms with Crippen LogP contribution < -0.4 is 5.32 Å². The maximum atomic E-state index is 12.4. The standard InChI is InChI=1S/C18H18N4OS/c23-18(16-12-20-22-11-3-10-19-17(16)22)21-13-6-8-15(9-7-13)24-14-4-1-2-5-14/h3,6-12,14H,1-2,4-5H2,(H,21,23). The second-order valence-electron chi connectivity index (χ2n) is 5.95. The molecule has 1 saturated carbocycles. The van der Waals surface area contributed by atoms with Gasteiger partial charge in [0.1, 0.15) is 5.56 Å². The average Bonchev–Trinajstić information content (AvgIpc) is 3.26. The van der Waals surface area contributed by atoms with Crippen LogP contribution in [0.4, 0.5) is 5.69 Å². The molecule has 1 aliphatic carbocycles. The summed E-state index contributed by atoms with van der Waals surface area (Å²) < 4.78 is 1.59. The predicted molar refractivity (Wildman–Crippen MR) is 95.5 cm³/mol. The fourth-order valence-electron chi connectivity index (χ4n) is 3.00. The van der Waals surface area contributed by atoms with Crippen molar-refractivity contribution in [3.63, 3.8) is 0 Å². The van der Waals surface area contributed by atoms with Crippen LogP contribution in [-0.4, -0.2) is 25.8 Å². The summed E-state index contributed by atoms with van der Waals surface area (Å²) in [6.07, 6.45) is 10.3. The fraction of sp³-hybridized carbons (Fsp3) is 0.278. The number of nitrogens with one attached hydrogen (secondary N) is 1. The Balaban J connectivity index is 1.45. The van der Waals surface area contributed by atoms with E-state index < -0.39 is 0 Å². The summed E-state index contributed by atoms with van der Waals surface area (Å²) in [6.45, 7) is 0. The van der Waals surface area contributed by atoms with Crippen molar-refractivity contribution >= 4 is 29.0 Å². The summed E-state index contributed by atoms with van der Waals surface area (Å²) in [5.41, 5.74) is 1.81. The molecule has 0 bridgehead atoms. The number of thioether (sulfide) groups is 1. The maximum absolute atomic E-state index is 12.4. The van der Waals surface area contributed by atoms with Crippen molar-refractivity contribution in [3.05, 3.63) is 54.5 Å². The first kappa shape index (κ1) is 15.2. The first-order valence-corrected chi connectivity index (χ1v) is 9.04. The number of fused-ring (bicyclic) bond motifs is 1. The molecule has 1 N–H and O–H groups in total. The summed E-state index contributed by atoms with van der Waals surface area (Å²) in [5, 5.41) is 7.80. The number of hydrogen-bond donors (Lipinski definition) is 1. The Kier molecular flexibility index (Phi) is 4.21. The van der Waals surface area contributed by atoms with Crippen LogP contribution in [0.25, 0.3) is 5.65 Å². The molecule has 1 amide bonds. The third-order valence-corrected chi connectivity index (χ3v) is 5.59. The van der Waals surface area contributed by atoms with Gasteiger partial charge in [-0.1, -0.05) is 12.8 Å². The monoisotopic (exact) mass is 338 g/mol. The van der Waals surface area contributed by atoms with E-state index in [0.29, 0.717) is 11.2 Å². The average molecular weight is 338 g/mol. The number of benzene rings is 1. The van der Waals surface area contributed by atoms with Gasteiger partial charge in [0.05, 0.1) is 6.20 Å². The molecule has 6 heteroatoms. The van der Waals surface area contributed by atoms with Gasteiger partial charge in [0.2, 0.25) is 0 Å². The molecule has 1 fully saturated rings. The highest BCUT2D eigenvalue weighted by atomic mass is 32.2. The molecular weight excluding hydrogens is 320 g/mol. The number of carbonyl (C=O) groups is 1. The van der Waals surface area contributed by atoms with Crippen LogP contribution >= 0.6 is 11.8 Å². The number of nitrogens with zero attached hydrogens (tertiary/aromatic N) is 3. The van der Waals surface area contributed by atoms with Gasteiger partial charge in [0.15, 0.2) is 5.65 Å². The minimum absolute atomic E-state index is 0.195. The third kappa shape index (κ3) is 3.14. The Morgan fingerprint density at radius 3 is 2.79 bits per heavy atom. The van der Waals surface area contributed by atoms with Gasteiger partial charge < -0.3 is 5.32 Å². The van der Waals surface area contributed by atoms with Gasteiger partial charge >= 0.3 is 0 Å². The quantitative estimate of drug-likeness (QED) is 0.781. The van der Waals surface area contributed by atoms with Gasteiger partial charge in [-0.15, -0.1) is 11.8 Å². The number of carbonyl (C=O) groups excluding carboxylic acids is 1. The molecule has 2 heterocycles. The topological polar surface area (TPSA) is 59.3 Å². The lowest BCUT2D eigenvalue weighted by atomic mass is 10.2. The Bertz CT molecular complexity index is 853. The van der Waals surface area contributed by atoms with Gasteiger partial charge in [-0.3, -0.25) is 4.79 Å². The molecule has 5 nitrogen and oxygen atoms in total. The van der Waals surface area contributed by atoms with Crippen LogP contribution in [0.2, 0.25) is 0 Å². The SMILES string of the molecule is O=C(Nc1ccc(SC2CCCC2)cc1)c1cnn2cccnc12. The molecule has 0 saturated heterocycles. The highest BCUT2D eigenvalue weighted by Crippen LogP contribution is 2.34. The molecule has 1 aromatic carbocycles. The van der Waals surface area contributed by atoms with Crippen molar-refractivity contribution in [2.45, 2.75) is 35.8 Å². The van der Waals surface area contributed by atoms with E-state index in [0.717, 1.165) is 10.9 Å². The van der Waals surface area contributed by atoms with Gasteiger partial charge in [-0.05, 0) is 43.2 Å². The first-order chi connectivity index (χ1) is 11.8. The van der Waals surface area contributed by atoms with E-state index in [1.54, 1.807) is 29.2 Å². The fourth-order valence-corrected chi connectivity index (χ4v) is 4.25. The second-order valence-corrected chi connectivity index (χ2v) is 7.32. The molecule has 0 spiro atoms. The molecule has 24 heavy (non-hydrogen) atoms. The molecule has 1 aliphatic rings. The zero-order valence-electron chi connectivity index (χ0n) is 13.2. The van der Waals surface area contributed by atoms with Gasteiger partial charge in [0, 0.05) is 28.2 Å².